The summed E-state index contributed by atoms with van der Waals surface area (Å²) in [6.07, 6.45) is 0.132. The van der Waals surface area contributed by atoms with Crippen molar-refractivity contribution in [2.24, 2.45) is 0 Å². The number of aliphatic hydroxyl groups is 1. The van der Waals surface area contributed by atoms with Gasteiger partial charge in [-0.15, -0.1) is 0 Å². The monoisotopic (exact) mass is 327 g/mol. The van der Waals surface area contributed by atoms with Crippen LogP contribution in [0, 0.1) is 5.82 Å². The topological polar surface area (TPSA) is 71.2 Å². The van der Waals surface area contributed by atoms with Crippen LogP contribution in [0.15, 0.2) is 27.2 Å². The molecule has 0 unspecified atom stereocenters. The summed E-state index contributed by atoms with van der Waals surface area (Å²) >= 11 is 3.33. The molecule has 1 aromatic heterocycles. The van der Waals surface area contributed by atoms with Gasteiger partial charge in [0.2, 0.25) is 11.7 Å². The smallest absolute Gasteiger partial charge is 0.244 e. The number of rotatable bonds is 2. The van der Waals surface area contributed by atoms with E-state index in [4.69, 9.17) is 4.52 Å². The molecule has 3 rings (SSSR count). The Morgan fingerprint density at radius 2 is 2.32 bits per heavy atom. The molecule has 0 saturated carbocycles. The van der Waals surface area contributed by atoms with Crippen molar-refractivity contribution in [3.05, 3.63) is 34.4 Å². The van der Waals surface area contributed by atoms with Gasteiger partial charge in [-0.2, -0.15) is 4.98 Å². The molecule has 2 atom stereocenters. The minimum Gasteiger partial charge on any atom is -0.392 e. The summed E-state index contributed by atoms with van der Waals surface area (Å²) in [7, 11) is 0. The zero-order valence-electron chi connectivity index (χ0n) is 9.81. The minimum absolute atomic E-state index is 0.149. The average Bonchev–Trinajstić information content (AvgIpc) is 3.00. The van der Waals surface area contributed by atoms with Crippen molar-refractivity contribution >= 4 is 15.9 Å². The molecule has 1 saturated heterocycles. The van der Waals surface area contributed by atoms with Crippen LogP contribution in [0.3, 0.4) is 0 Å². The van der Waals surface area contributed by atoms with Crippen LogP contribution in [0.25, 0.3) is 11.4 Å². The number of nitrogens with zero attached hydrogens (tertiary/aromatic N) is 2. The van der Waals surface area contributed by atoms with Crippen molar-refractivity contribution in [1.82, 2.24) is 15.5 Å². The zero-order chi connectivity index (χ0) is 13.4. The van der Waals surface area contributed by atoms with Crippen LogP contribution >= 0.6 is 15.9 Å². The lowest BCUT2D eigenvalue weighted by molar-refractivity contribution is 0.191. The number of β-amino-alcohol motifs (C(OH)–C–C–N with tert-alkyl or cyclic N) is 1. The van der Waals surface area contributed by atoms with Gasteiger partial charge in [0, 0.05) is 16.6 Å². The number of benzene rings is 1. The van der Waals surface area contributed by atoms with E-state index in [-0.39, 0.29) is 11.9 Å². The highest BCUT2D eigenvalue weighted by atomic mass is 79.9. The van der Waals surface area contributed by atoms with Gasteiger partial charge in [-0.05, 0) is 24.6 Å². The Morgan fingerprint density at radius 3 is 3.05 bits per heavy atom. The maximum atomic E-state index is 13.2. The normalized spacial score (nSPS) is 22.9. The summed E-state index contributed by atoms with van der Waals surface area (Å²) in [5, 5.41) is 16.4. The quantitative estimate of drug-likeness (QED) is 0.883. The Hall–Kier alpha value is -1.31. The van der Waals surface area contributed by atoms with E-state index in [2.05, 4.69) is 31.4 Å². The highest BCUT2D eigenvalue weighted by Gasteiger charge is 2.28. The number of hydrogen-bond acceptors (Lipinski definition) is 5. The predicted octanol–water partition coefficient (Wildman–Crippen LogP) is 2.03. The van der Waals surface area contributed by atoms with Crippen molar-refractivity contribution in [2.75, 3.05) is 6.54 Å². The van der Waals surface area contributed by atoms with Crippen LogP contribution in [0.5, 0.6) is 0 Å². The number of halogens is 2. The van der Waals surface area contributed by atoms with Crippen molar-refractivity contribution in [3.63, 3.8) is 0 Å². The molecule has 0 bridgehead atoms. The fraction of sp³-hybridized carbons (Fsp3) is 0.333. The molecule has 2 N–H and O–H groups in total. The van der Waals surface area contributed by atoms with Crippen LogP contribution in [0.1, 0.15) is 18.4 Å². The van der Waals surface area contributed by atoms with Gasteiger partial charge in [0.1, 0.15) is 5.82 Å². The fourth-order valence-corrected chi connectivity index (χ4v) is 2.48. The molecule has 5 nitrogen and oxygen atoms in total. The van der Waals surface area contributed by atoms with E-state index in [1.165, 1.54) is 12.1 Å². The predicted molar refractivity (Wildman–Crippen MR) is 68.8 cm³/mol. The number of hydrogen-bond donors (Lipinski definition) is 2. The molecule has 0 spiro atoms. The second-order valence-electron chi connectivity index (χ2n) is 4.43. The van der Waals surface area contributed by atoms with Gasteiger partial charge in [-0.3, -0.25) is 0 Å². The van der Waals surface area contributed by atoms with Gasteiger partial charge in [0.15, 0.2) is 0 Å². The SMILES string of the molecule is O[C@H]1CN[C@H](c2nc(-c3cc(F)ccc3Br)no2)C1. The second kappa shape index (κ2) is 4.99. The molecular formula is C12H11BrFN3O2. The van der Waals surface area contributed by atoms with E-state index in [1.54, 1.807) is 6.07 Å². The van der Waals surface area contributed by atoms with Crippen LogP contribution in [0.4, 0.5) is 4.39 Å². The van der Waals surface area contributed by atoms with Crippen molar-refractivity contribution in [2.45, 2.75) is 18.6 Å². The van der Waals surface area contributed by atoms with E-state index in [0.29, 0.717) is 34.7 Å². The first kappa shape index (κ1) is 12.7. The molecule has 1 fully saturated rings. The first-order chi connectivity index (χ1) is 9.13. The summed E-state index contributed by atoms with van der Waals surface area (Å²) in [6.45, 7) is 0.506. The minimum atomic E-state index is -0.402. The molecule has 2 aromatic rings. The Kier molecular flexibility index (Phi) is 3.34. The van der Waals surface area contributed by atoms with Gasteiger partial charge in [-0.1, -0.05) is 21.1 Å². The first-order valence-electron chi connectivity index (χ1n) is 5.84. The summed E-state index contributed by atoms with van der Waals surface area (Å²) in [5.74, 6) is 0.367. The summed E-state index contributed by atoms with van der Waals surface area (Å²) in [4.78, 5) is 4.25. The molecule has 0 radical (unpaired) electrons. The van der Waals surface area contributed by atoms with Crippen LogP contribution in [0.2, 0.25) is 0 Å². The molecular weight excluding hydrogens is 317 g/mol. The molecule has 7 heteroatoms. The first-order valence-corrected chi connectivity index (χ1v) is 6.63. The number of aliphatic hydroxyl groups excluding tert-OH is 1. The van der Waals surface area contributed by atoms with Crippen LogP contribution in [-0.2, 0) is 0 Å². The van der Waals surface area contributed by atoms with Crippen molar-refractivity contribution in [1.29, 1.82) is 0 Å². The zero-order valence-corrected chi connectivity index (χ0v) is 11.4. The molecule has 19 heavy (non-hydrogen) atoms. The highest BCUT2D eigenvalue weighted by molar-refractivity contribution is 9.10. The highest BCUT2D eigenvalue weighted by Crippen LogP contribution is 2.29. The van der Waals surface area contributed by atoms with Gasteiger partial charge in [-0.25, -0.2) is 4.39 Å². The Balaban J connectivity index is 1.90. The lowest BCUT2D eigenvalue weighted by atomic mass is 10.2. The molecule has 1 aliphatic heterocycles. The van der Waals surface area contributed by atoms with E-state index < -0.39 is 6.10 Å². The maximum Gasteiger partial charge on any atom is 0.244 e. The Labute approximate surface area is 117 Å². The van der Waals surface area contributed by atoms with Crippen LogP contribution < -0.4 is 5.32 Å². The third kappa shape index (κ3) is 2.54. The largest absolute Gasteiger partial charge is 0.392 e. The van der Waals surface area contributed by atoms with Crippen molar-refractivity contribution < 1.29 is 14.0 Å². The molecule has 1 aliphatic rings. The Morgan fingerprint density at radius 1 is 1.47 bits per heavy atom. The average molecular weight is 328 g/mol. The van der Waals surface area contributed by atoms with E-state index in [1.807, 2.05) is 0 Å². The van der Waals surface area contributed by atoms with Crippen molar-refractivity contribution in [3.8, 4) is 11.4 Å². The molecule has 100 valence electrons. The third-order valence-electron chi connectivity index (χ3n) is 3.02. The van der Waals surface area contributed by atoms with E-state index in [0.717, 1.165) is 0 Å². The summed E-state index contributed by atoms with van der Waals surface area (Å²) in [5.41, 5.74) is 0.536. The molecule has 0 amide bonds. The maximum absolute atomic E-state index is 13.2. The number of aromatic nitrogens is 2. The van der Waals surface area contributed by atoms with Gasteiger partial charge in [0.05, 0.1) is 12.1 Å². The fourth-order valence-electron chi connectivity index (χ4n) is 2.06. The molecule has 0 aliphatic carbocycles. The van der Waals surface area contributed by atoms with Crippen LogP contribution in [-0.4, -0.2) is 27.9 Å². The summed E-state index contributed by atoms with van der Waals surface area (Å²) in [6, 6.07) is 4.14. The summed E-state index contributed by atoms with van der Waals surface area (Å²) < 4.78 is 19.1. The lowest BCUT2D eigenvalue weighted by Gasteiger charge is -2.02. The van der Waals surface area contributed by atoms with E-state index in [9.17, 15) is 9.50 Å². The van der Waals surface area contributed by atoms with Gasteiger partial charge >= 0.3 is 0 Å². The van der Waals surface area contributed by atoms with Gasteiger partial charge < -0.3 is 14.9 Å². The lowest BCUT2D eigenvalue weighted by Crippen LogP contribution is -2.15. The van der Waals surface area contributed by atoms with Gasteiger partial charge in [0.25, 0.3) is 0 Å². The van der Waals surface area contributed by atoms with E-state index >= 15 is 0 Å². The Bertz CT molecular complexity index is 604. The number of nitrogens with one attached hydrogen (secondary N) is 1. The second-order valence-corrected chi connectivity index (χ2v) is 5.29. The molecule has 1 aromatic carbocycles. The third-order valence-corrected chi connectivity index (χ3v) is 3.71. The molecule has 2 heterocycles. The standard InChI is InChI=1S/C12H11BrFN3O2/c13-9-2-1-6(14)3-8(9)11-16-12(19-17-11)10-4-7(18)5-15-10/h1-3,7,10,15,18H,4-5H2/t7-,10+/m1/s1.